The molecule has 1 aliphatic rings. The first kappa shape index (κ1) is 11.8. The summed E-state index contributed by atoms with van der Waals surface area (Å²) in [5.41, 5.74) is 2.53. The van der Waals surface area contributed by atoms with Gasteiger partial charge in [-0.05, 0) is 24.1 Å². The molecule has 1 heterocycles. The average molecular weight is 253 g/mol. The van der Waals surface area contributed by atoms with Crippen LogP contribution >= 0.6 is 0 Å². The molecule has 0 aromatic heterocycles. The minimum absolute atomic E-state index is 0.000929. The lowest BCUT2D eigenvalue weighted by molar-refractivity contribution is 0.0725. The minimum atomic E-state index is 0.000929. The number of rotatable bonds is 2. The molecular formula is C16H15NO2. The predicted molar refractivity (Wildman–Crippen MR) is 73.0 cm³/mol. The van der Waals surface area contributed by atoms with E-state index >= 15 is 0 Å². The van der Waals surface area contributed by atoms with E-state index in [9.17, 15) is 9.90 Å². The van der Waals surface area contributed by atoms with Crippen molar-refractivity contribution in [2.24, 2.45) is 0 Å². The molecule has 96 valence electrons. The summed E-state index contributed by atoms with van der Waals surface area (Å²) in [6.45, 7) is 1.27. The van der Waals surface area contributed by atoms with Gasteiger partial charge in [0.05, 0.1) is 0 Å². The van der Waals surface area contributed by atoms with Gasteiger partial charge in [-0.25, -0.2) is 0 Å². The van der Waals surface area contributed by atoms with Crippen molar-refractivity contribution in [2.45, 2.75) is 13.0 Å². The first-order valence-electron chi connectivity index (χ1n) is 6.40. The van der Waals surface area contributed by atoms with Gasteiger partial charge in [0.15, 0.2) is 0 Å². The highest BCUT2D eigenvalue weighted by atomic mass is 16.3. The number of amides is 1. The molecule has 0 saturated carbocycles. The van der Waals surface area contributed by atoms with Gasteiger partial charge in [-0.15, -0.1) is 0 Å². The van der Waals surface area contributed by atoms with Crippen LogP contribution in [0.5, 0.6) is 5.75 Å². The molecule has 1 N–H and O–H groups in total. The number of fused-ring (bicyclic) bond motifs is 1. The van der Waals surface area contributed by atoms with Crippen LogP contribution < -0.4 is 0 Å². The molecule has 2 aromatic carbocycles. The lowest BCUT2D eigenvalue weighted by atomic mass is 9.97. The smallest absolute Gasteiger partial charge is 0.254 e. The number of hydrogen-bond acceptors (Lipinski definition) is 2. The number of phenols is 1. The third kappa shape index (κ3) is 2.19. The van der Waals surface area contributed by atoms with E-state index < -0.39 is 0 Å². The van der Waals surface area contributed by atoms with Crippen LogP contribution in [-0.4, -0.2) is 22.5 Å². The summed E-state index contributed by atoms with van der Waals surface area (Å²) in [4.78, 5) is 14.2. The number of carbonyl (C=O) groups is 1. The molecule has 0 saturated heterocycles. The van der Waals surface area contributed by atoms with Crippen molar-refractivity contribution in [1.29, 1.82) is 0 Å². The average Bonchev–Trinajstić information content (AvgIpc) is 2.44. The summed E-state index contributed by atoms with van der Waals surface area (Å²) in [5, 5.41) is 9.78. The van der Waals surface area contributed by atoms with E-state index in [4.69, 9.17) is 0 Å². The fourth-order valence-electron chi connectivity index (χ4n) is 2.51. The first-order valence-corrected chi connectivity index (χ1v) is 6.40. The second-order valence-electron chi connectivity index (χ2n) is 4.77. The largest absolute Gasteiger partial charge is 0.508 e. The predicted octanol–water partition coefficient (Wildman–Crippen LogP) is 2.59. The Labute approximate surface area is 112 Å². The maximum Gasteiger partial charge on any atom is 0.254 e. The van der Waals surface area contributed by atoms with Crippen molar-refractivity contribution >= 4 is 5.91 Å². The highest BCUT2D eigenvalue weighted by Gasteiger charge is 2.25. The Morgan fingerprint density at radius 3 is 2.63 bits per heavy atom. The van der Waals surface area contributed by atoms with Crippen LogP contribution in [0, 0.1) is 0 Å². The maximum atomic E-state index is 12.4. The fraction of sp³-hybridized carbons (Fsp3) is 0.188. The summed E-state index contributed by atoms with van der Waals surface area (Å²) in [5.74, 6) is 0.228. The molecule has 0 aliphatic carbocycles. The summed E-state index contributed by atoms with van der Waals surface area (Å²) in [6, 6.07) is 15.1. The lowest BCUT2D eigenvalue weighted by Crippen LogP contribution is -2.37. The van der Waals surface area contributed by atoms with Crippen molar-refractivity contribution in [3.63, 3.8) is 0 Å². The molecule has 3 rings (SSSR count). The zero-order valence-electron chi connectivity index (χ0n) is 10.5. The highest BCUT2D eigenvalue weighted by molar-refractivity contribution is 5.97. The number of benzene rings is 2. The normalized spacial score (nSPS) is 14.3. The van der Waals surface area contributed by atoms with Crippen molar-refractivity contribution < 1.29 is 9.90 Å². The van der Waals surface area contributed by atoms with Crippen LogP contribution in [0.3, 0.4) is 0 Å². The van der Waals surface area contributed by atoms with E-state index in [-0.39, 0.29) is 11.7 Å². The summed E-state index contributed by atoms with van der Waals surface area (Å²) in [7, 11) is 0. The van der Waals surface area contributed by atoms with Crippen LogP contribution in [-0.2, 0) is 13.0 Å². The Balaban J connectivity index is 1.86. The van der Waals surface area contributed by atoms with Crippen molar-refractivity contribution in [3.05, 3.63) is 65.2 Å². The van der Waals surface area contributed by atoms with Crippen molar-refractivity contribution in [3.8, 4) is 5.75 Å². The lowest BCUT2D eigenvalue weighted by Gasteiger charge is -2.29. The van der Waals surface area contributed by atoms with Gasteiger partial charge in [0.25, 0.3) is 5.91 Å². The zero-order chi connectivity index (χ0) is 13.2. The van der Waals surface area contributed by atoms with Crippen molar-refractivity contribution in [1.82, 2.24) is 4.90 Å². The van der Waals surface area contributed by atoms with E-state index in [2.05, 4.69) is 0 Å². The Hall–Kier alpha value is -2.29. The maximum absolute atomic E-state index is 12.4. The third-order valence-electron chi connectivity index (χ3n) is 3.52. The fourth-order valence-corrected chi connectivity index (χ4v) is 2.51. The van der Waals surface area contributed by atoms with Crippen LogP contribution in [0.1, 0.15) is 21.5 Å². The van der Waals surface area contributed by atoms with E-state index in [0.29, 0.717) is 25.1 Å². The molecule has 0 unspecified atom stereocenters. The number of nitrogens with zero attached hydrogens (tertiary/aromatic N) is 1. The number of aromatic hydroxyl groups is 1. The molecule has 2 aromatic rings. The number of hydrogen-bond donors (Lipinski definition) is 1. The first-order chi connectivity index (χ1) is 9.25. The second kappa shape index (κ2) is 4.76. The van der Waals surface area contributed by atoms with Gasteiger partial charge in [-0.1, -0.05) is 36.4 Å². The molecule has 1 aliphatic heterocycles. The van der Waals surface area contributed by atoms with Gasteiger partial charge in [0, 0.05) is 24.2 Å². The molecule has 0 bridgehead atoms. The van der Waals surface area contributed by atoms with Gasteiger partial charge >= 0.3 is 0 Å². The van der Waals surface area contributed by atoms with Gasteiger partial charge in [-0.2, -0.15) is 0 Å². The number of phenolic OH excluding ortho intramolecular Hbond substituents is 1. The van der Waals surface area contributed by atoms with E-state index in [1.807, 2.05) is 35.2 Å². The van der Waals surface area contributed by atoms with E-state index in [1.54, 1.807) is 18.2 Å². The molecule has 0 radical (unpaired) electrons. The summed E-state index contributed by atoms with van der Waals surface area (Å²) >= 11 is 0. The zero-order valence-corrected chi connectivity index (χ0v) is 10.5. The topological polar surface area (TPSA) is 40.5 Å². The summed E-state index contributed by atoms with van der Waals surface area (Å²) in [6.07, 6.45) is 0.709. The van der Waals surface area contributed by atoms with Gasteiger partial charge in [0.2, 0.25) is 0 Å². The van der Waals surface area contributed by atoms with Crippen LogP contribution in [0.15, 0.2) is 48.5 Å². The highest BCUT2D eigenvalue weighted by Crippen LogP contribution is 2.27. The van der Waals surface area contributed by atoms with Crippen LogP contribution in [0.2, 0.25) is 0 Å². The van der Waals surface area contributed by atoms with Gasteiger partial charge < -0.3 is 10.0 Å². The van der Waals surface area contributed by atoms with Gasteiger partial charge in [-0.3, -0.25) is 4.79 Å². The third-order valence-corrected chi connectivity index (χ3v) is 3.52. The molecule has 0 atom stereocenters. The van der Waals surface area contributed by atoms with Crippen LogP contribution in [0.4, 0.5) is 0 Å². The SMILES string of the molecule is O=C1c2cccc(O)c2CCN1Cc1ccccc1. The molecule has 0 spiro atoms. The van der Waals surface area contributed by atoms with E-state index in [0.717, 1.165) is 11.1 Å². The Morgan fingerprint density at radius 1 is 1.05 bits per heavy atom. The second-order valence-corrected chi connectivity index (χ2v) is 4.77. The Kier molecular flexibility index (Phi) is 2.95. The molecule has 1 amide bonds. The minimum Gasteiger partial charge on any atom is -0.508 e. The molecule has 0 fully saturated rings. The van der Waals surface area contributed by atoms with E-state index in [1.165, 1.54) is 0 Å². The monoisotopic (exact) mass is 253 g/mol. The summed E-state index contributed by atoms with van der Waals surface area (Å²) < 4.78 is 0. The van der Waals surface area contributed by atoms with Crippen LogP contribution in [0.25, 0.3) is 0 Å². The van der Waals surface area contributed by atoms with Gasteiger partial charge in [0.1, 0.15) is 5.75 Å². The standard InChI is InChI=1S/C16H15NO2/c18-15-8-4-7-14-13(15)9-10-17(16(14)19)11-12-5-2-1-3-6-12/h1-8,18H,9-11H2. The molecular weight excluding hydrogens is 238 g/mol. The number of carbonyl (C=O) groups excluding carboxylic acids is 1. The van der Waals surface area contributed by atoms with Crippen molar-refractivity contribution in [2.75, 3.05) is 6.54 Å². The Bertz CT molecular complexity index is 607. The molecule has 19 heavy (non-hydrogen) atoms. The molecule has 3 heteroatoms. The Morgan fingerprint density at radius 2 is 1.84 bits per heavy atom. The quantitative estimate of drug-likeness (QED) is 0.893. The molecule has 3 nitrogen and oxygen atoms in total.